The van der Waals surface area contributed by atoms with Gasteiger partial charge in [0.1, 0.15) is 11.3 Å². The molecule has 1 aliphatic heterocycles. The number of benzene rings is 2. The molecule has 174 valence electrons. The SMILES string of the molecule is Cc1nnc(N2CCC(C(=O)Nc3ccc(F)cc3)CC2)c2nn(-c3ccc(Cl)cc3)c(C)c12. The number of carbonyl (C=O) groups excluding carboxylic acids is 1. The molecule has 2 aromatic carbocycles. The van der Waals surface area contributed by atoms with Gasteiger partial charge in [0, 0.05) is 29.7 Å². The summed E-state index contributed by atoms with van der Waals surface area (Å²) in [6.07, 6.45) is 1.36. The Bertz CT molecular complexity index is 1340. The van der Waals surface area contributed by atoms with Crippen molar-refractivity contribution in [1.29, 1.82) is 0 Å². The van der Waals surface area contributed by atoms with Crippen molar-refractivity contribution < 1.29 is 9.18 Å². The van der Waals surface area contributed by atoms with Gasteiger partial charge in [0.05, 0.1) is 22.5 Å². The second kappa shape index (κ2) is 9.02. The number of piperidine rings is 1. The van der Waals surface area contributed by atoms with Crippen molar-refractivity contribution in [3.63, 3.8) is 0 Å². The minimum absolute atomic E-state index is 0.0470. The molecule has 0 aliphatic carbocycles. The Balaban J connectivity index is 1.36. The molecule has 1 aliphatic rings. The first-order chi connectivity index (χ1) is 16.4. The second-order valence-corrected chi connectivity index (χ2v) is 9.00. The van der Waals surface area contributed by atoms with Crippen molar-refractivity contribution in [2.75, 3.05) is 23.3 Å². The van der Waals surface area contributed by atoms with E-state index in [9.17, 15) is 9.18 Å². The fourth-order valence-electron chi connectivity index (χ4n) is 4.49. The highest BCUT2D eigenvalue weighted by atomic mass is 35.5. The zero-order valence-corrected chi connectivity index (χ0v) is 19.7. The van der Waals surface area contributed by atoms with Crippen LogP contribution < -0.4 is 10.2 Å². The number of anilines is 2. The highest BCUT2D eigenvalue weighted by Gasteiger charge is 2.28. The molecule has 9 heteroatoms. The van der Waals surface area contributed by atoms with E-state index in [1.165, 1.54) is 12.1 Å². The van der Waals surface area contributed by atoms with Crippen LogP contribution in [0.2, 0.25) is 5.02 Å². The fraction of sp³-hybridized carbons (Fsp3) is 0.280. The average Bonchev–Trinajstić information content (AvgIpc) is 3.19. The highest BCUT2D eigenvalue weighted by Crippen LogP contribution is 2.32. The number of aryl methyl sites for hydroxylation is 2. The minimum Gasteiger partial charge on any atom is -0.353 e. The topological polar surface area (TPSA) is 75.9 Å². The molecule has 0 atom stereocenters. The summed E-state index contributed by atoms with van der Waals surface area (Å²) in [6.45, 7) is 5.29. The fourth-order valence-corrected chi connectivity index (χ4v) is 4.62. The van der Waals surface area contributed by atoms with Gasteiger partial charge < -0.3 is 10.2 Å². The average molecular weight is 479 g/mol. The van der Waals surface area contributed by atoms with Gasteiger partial charge in [0.15, 0.2) is 5.82 Å². The van der Waals surface area contributed by atoms with Gasteiger partial charge in [-0.25, -0.2) is 9.07 Å². The number of fused-ring (bicyclic) bond motifs is 1. The molecule has 2 aromatic heterocycles. The Hall–Kier alpha value is -3.52. The number of hydrogen-bond donors (Lipinski definition) is 1. The third-order valence-electron chi connectivity index (χ3n) is 6.33. The zero-order valence-electron chi connectivity index (χ0n) is 18.9. The Kier molecular flexibility index (Phi) is 5.91. The summed E-state index contributed by atoms with van der Waals surface area (Å²) in [6, 6.07) is 13.4. The Morgan fingerprint density at radius 2 is 1.71 bits per heavy atom. The summed E-state index contributed by atoms with van der Waals surface area (Å²) in [5.41, 5.74) is 4.13. The lowest BCUT2D eigenvalue weighted by Gasteiger charge is -2.32. The molecule has 0 bridgehead atoms. The molecular weight excluding hydrogens is 455 g/mol. The summed E-state index contributed by atoms with van der Waals surface area (Å²) in [5, 5.41) is 18.3. The third-order valence-corrected chi connectivity index (χ3v) is 6.58. The minimum atomic E-state index is -0.328. The number of carbonyl (C=O) groups is 1. The van der Waals surface area contributed by atoms with E-state index in [2.05, 4.69) is 20.4 Å². The molecule has 1 saturated heterocycles. The molecule has 1 fully saturated rings. The number of amides is 1. The molecule has 34 heavy (non-hydrogen) atoms. The zero-order chi connectivity index (χ0) is 23.8. The molecule has 3 heterocycles. The van der Waals surface area contributed by atoms with Gasteiger partial charge in [-0.1, -0.05) is 11.6 Å². The van der Waals surface area contributed by atoms with Gasteiger partial charge in [0.2, 0.25) is 5.91 Å². The van der Waals surface area contributed by atoms with Crippen molar-refractivity contribution in [2.45, 2.75) is 26.7 Å². The largest absolute Gasteiger partial charge is 0.353 e. The maximum Gasteiger partial charge on any atom is 0.227 e. The number of aromatic nitrogens is 4. The first-order valence-corrected chi connectivity index (χ1v) is 11.6. The number of nitrogens with zero attached hydrogens (tertiary/aromatic N) is 5. The molecule has 7 nitrogen and oxygen atoms in total. The Morgan fingerprint density at radius 1 is 1.03 bits per heavy atom. The summed E-state index contributed by atoms with van der Waals surface area (Å²) >= 11 is 6.06. The van der Waals surface area contributed by atoms with Crippen LogP contribution in [0.15, 0.2) is 48.5 Å². The van der Waals surface area contributed by atoms with Gasteiger partial charge >= 0.3 is 0 Å². The summed E-state index contributed by atoms with van der Waals surface area (Å²) in [5.74, 6) is 0.234. The van der Waals surface area contributed by atoms with Crippen LogP contribution in [0.1, 0.15) is 24.2 Å². The molecule has 0 saturated carbocycles. The van der Waals surface area contributed by atoms with Gasteiger partial charge in [-0.3, -0.25) is 4.79 Å². The maximum atomic E-state index is 13.1. The highest BCUT2D eigenvalue weighted by molar-refractivity contribution is 6.30. The van der Waals surface area contributed by atoms with E-state index in [0.29, 0.717) is 36.6 Å². The van der Waals surface area contributed by atoms with Gasteiger partial charge in [-0.15, -0.1) is 5.10 Å². The Morgan fingerprint density at radius 3 is 2.38 bits per heavy atom. The molecular formula is C25H24ClFN6O. The maximum absolute atomic E-state index is 13.1. The smallest absolute Gasteiger partial charge is 0.227 e. The van der Waals surface area contributed by atoms with Gasteiger partial charge in [-0.2, -0.15) is 10.2 Å². The van der Waals surface area contributed by atoms with Crippen molar-refractivity contribution in [1.82, 2.24) is 20.0 Å². The van der Waals surface area contributed by atoms with Crippen LogP contribution in [0.25, 0.3) is 16.6 Å². The molecule has 1 amide bonds. The predicted octanol–water partition coefficient (Wildman–Crippen LogP) is 5.08. The number of hydrogen-bond acceptors (Lipinski definition) is 5. The normalized spacial score (nSPS) is 14.5. The lowest BCUT2D eigenvalue weighted by molar-refractivity contribution is -0.120. The van der Waals surface area contributed by atoms with Crippen LogP contribution in [0.5, 0.6) is 0 Å². The lowest BCUT2D eigenvalue weighted by atomic mass is 9.95. The standard InChI is InChI=1S/C25H24ClFN6O/c1-15-22-16(2)33(21-9-3-18(26)4-10-21)31-23(22)24(30-29-15)32-13-11-17(12-14-32)25(34)28-20-7-5-19(27)6-8-20/h3-10,17H,11-14H2,1-2H3,(H,28,34). The summed E-state index contributed by atoms with van der Waals surface area (Å²) in [7, 11) is 0. The summed E-state index contributed by atoms with van der Waals surface area (Å²) < 4.78 is 15.0. The van der Waals surface area contributed by atoms with Crippen LogP contribution in [0.4, 0.5) is 15.9 Å². The number of nitrogens with one attached hydrogen (secondary N) is 1. The van der Waals surface area contributed by atoms with Crippen LogP contribution >= 0.6 is 11.6 Å². The van der Waals surface area contributed by atoms with E-state index in [1.54, 1.807) is 12.1 Å². The molecule has 4 aromatic rings. The second-order valence-electron chi connectivity index (χ2n) is 8.56. The van der Waals surface area contributed by atoms with Crippen LogP contribution in [-0.4, -0.2) is 39.0 Å². The first-order valence-electron chi connectivity index (χ1n) is 11.2. The molecule has 0 unspecified atom stereocenters. The van der Waals surface area contributed by atoms with E-state index >= 15 is 0 Å². The monoisotopic (exact) mass is 478 g/mol. The Labute approximate surface area is 201 Å². The van der Waals surface area contributed by atoms with Crippen molar-refractivity contribution >= 4 is 39.9 Å². The third kappa shape index (κ3) is 4.21. The quantitative estimate of drug-likeness (QED) is 0.442. The van der Waals surface area contributed by atoms with E-state index in [1.807, 2.05) is 42.8 Å². The molecule has 0 radical (unpaired) electrons. The first kappa shape index (κ1) is 22.3. The van der Waals surface area contributed by atoms with Gasteiger partial charge in [-0.05, 0) is 75.2 Å². The predicted molar refractivity (Wildman–Crippen MR) is 131 cm³/mol. The van der Waals surface area contributed by atoms with Gasteiger partial charge in [0.25, 0.3) is 0 Å². The number of rotatable bonds is 4. The van der Waals surface area contributed by atoms with Crippen LogP contribution in [0.3, 0.4) is 0 Å². The summed E-state index contributed by atoms with van der Waals surface area (Å²) in [4.78, 5) is 14.9. The van der Waals surface area contributed by atoms with Crippen LogP contribution in [-0.2, 0) is 4.79 Å². The van der Waals surface area contributed by atoms with E-state index in [4.69, 9.17) is 16.7 Å². The number of halogens is 2. The van der Waals surface area contributed by atoms with Crippen molar-refractivity contribution in [2.24, 2.45) is 5.92 Å². The molecule has 5 rings (SSSR count). The van der Waals surface area contributed by atoms with E-state index in [0.717, 1.165) is 33.8 Å². The molecule has 0 spiro atoms. The van der Waals surface area contributed by atoms with Crippen LogP contribution in [0, 0.1) is 25.6 Å². The van der Waals surface area contributed by atoms with Crippen molar-refractivity contribution in [3.05, 3.63) is 70.8 Å². The van der Waals surface area contributed by atoms with E-state index < -0.39 is 0 Å². The lowest BCUT2D eigenvalue weighted by Crippen LogP contribution is -2.38. The van der Waals surface area contributed by atoms with E-state index in [-0.39, 0.29) is 17.6 Å². The molecule has 1 N–H and O–H groups in total. The van der Waals surface area contributed by atoms with Crippen molar-refractivity contribution in [3.8, 4) is 5.69 Å².